The number of hydrogen-bond donors (Lipinski definition) is 2. The van der Waals surface area contributed by atoms with E-state index in [1.807, 2.05) is 48.8 Å². The molecular weight excluding hydrogens is 376 g/mol. The van der Waals surface area contributed by atoms with E-state index in [-0.39, 0.29) is 6.04 Å². The van der Waals surface area contributed by atoms with Crippen molar-refractivity contribution in [1.82, 2.24) is 19.5 Å². The van der Waals surface area contributed by atoms with Crippen molar-refractivity contribution in [2.24, 2.45) is 0 Å². The van der Waals surface area contributed by atoms with Crippen LogP contribution in [0.3, 0.4) is 0 Å². The zero-order chi connectivity index (χ0) is 20.9. The van der Waals surface area contributed by atoms with Crippen LogP contribution in [0.5, 0.6) is 5.75 Å². The van der Waals surface area contributed by atoms with E-state index in [4.69, 9.17) is 14.7 Å². The predicted molar refractivity (Wildman–Crippen MR) is 121 cm³/mol. The van der Waals surface area contributed by atoms with Crippen LogP contribution in [0.25, 0.3) is 11.2 Å². The topological polar surface area (TPSA) is 76.9 Å². The summed E-state index contributed by atoms with van der Waals surface area (Å²) >= 11 is 0. The molecule has 0 bridgehead atoms. The molecule has 0 saturated carbocycles. The predicted octanol–water partition coefficient (Wildman–Crippen LogP) is 4.81. The number of imidazole rings is 1. The number of nitrogens with one attached hydrogen (secondary N) is 2. The zero-order valence-corrected chi connectivity index (χ0v) is 17.5. The summed E-state index contributed by atoms with van der Waals surface area (Å²) in [6.45, 7) is 4.96. The number of methoxy groups -OCH3 is 1. The number of para-hydroxylation sites is 1. The van der Waals surface area contributed by atoms with E-state index in [0.29, 0.717) is 5.95 Å². The van der Waals surface area contributed by atoms with Gasteiger partial charge in [0.1, 0.15) is 5.75 Å². The normalized spacial score (nSPS) is 11.1. The van der Waals surface area contributed by atoms with Crippen LogP contribution in [0.4, 0.5) is 17.5 Å². The van der Waals surface area contributed by atoms with Gasteiger partial charge in [-0.3, -0.25) is 0 Å². The number of ether oxygens (including phenoxy) is 1. The molecule has 0 spiro atoms. The molecular formula is C23H26N6O. The van der Waals surface area contributed by atoms with E-state index < -0.39 is 0 Å². The highest BCUT2D eigenvalue weighted by atomic mass is 16.5. The number of rotatable bonds is 8. The van der Waals surface area contributed by atoms with E-state index >= 15 is 0 Å². The third kappa shape index (κ3) is 4.35. The Balaban J connectivity index is 1.58. The van der Waals surface area contributed by atoms with Crippen LogP contribution < -0.4 is 15.4 Å². The molecule has 4 aromatic rings. The van der Waals surface area contributed by atoms with Crippen LogP contribution in [0.1, 0.15) is 25.5 Å². The molecule has 0 fully saturated rings. The molecule has 2 aromatic carbocycles. The lowest BCUT2D eigenvalue weighted by molar-refractivity contribution is 0.414. The Kier molecular flexibility index (Phi) is 5.79. The average Bonchev–Trinajstić information content (AvgIpc) is 3.19. The number of fused-ring (bicyclic) bond motifs is 1. The molecule has 2 N–H and O–H groups in total. The largest absolute Gasteiger partial charge is 0.497 e. The molecule has 154 valence electrons. The number of hydrogen-bond acceptors (Lipinski definition) is 6. The van der Waals surface area contributed by atoms with Gasteiger partial charge in [0, 0.05) is 18.3 Å². The van der Waals surface area contributed by atoms with Gasteiger partial charge in [0.2, 0.25) is 5.95 Å². The minimum atomic E-state index is 0.252. The molecule has 7 nitrogen and oxygen atoms in total. The second-order valence-electron chi connectivity index (χ2n) is 7.33. The summed E-state index contributed by atoms with van der Waals surface area (Å²) in [6, 6.07) is 18.3. The fourth-order valence-electron chi connectivity index (χ4n) is 3.24. The van der Waals surface area contributed by atoms with Crippen LogP contribution in [0, 0.1) is 0 Å². The number of anilines is 3. The zero-order valence-electron chi connectivity index (χ0n) is 17.5. The van der Waals surface area contributed by atoms with Crippen molar-refractivity contribution in [3.8, 4) is 5.75 Å². The summed E-state index contributed by atoms with van der Waals surface area (Å²) in [4.78, 5) is 14.0. The van der Waals surface area contributed by atoms with Crippen molar-refractivity contribution >= 4 is 28.6 Å². The van der Waals surface area contributed by atoms with Gasteiger partial charge < -0.3 is 19.9 Å². The van der Waals surface area contributed by atoms with Gasteiger partial charge >= 0.3 is 0 Å². The monoisotopic (exact) mass is 402 g/mol. The fourth-order valence-corrected chi connectivity index (χ4v) is 3.24. The SMILES string of the molecule is COc1ccc(CCNc2nc(Nc3ccccc3)nc3c2ncn3C(C)C)cc1. The van der Waals surface area contributed by atoms with E-state index in [0.717, 1.165) is 41.4 Å². The van der Waals surface area contributed by atoms with Gasteiger partial charge in [-0.2, -0.15) is 9.97 Å². The molecule has 0 radical (unpaired) electrons. The first-order valence-electron chi connectivity index (χ1n) is 10.1. The lowest BCUT2D eigenvalue weighted by Gasteiger charge is -2.12. The summed E-state index contributed by atoms with van der Waals surface area (Å²) in [7, 11) is 1.67. The fraction of sp³-hybridized carbons (Fsp3) is 0.261. The minimum absolute atomic E-state index is 0.252. The molecule has 0 saturated heterocycles. The van der Waals surface area contributed by atoms with Crippen LogP contribution in [0.15, 0.2) is 60.9 Å². The van der Waals surface area contributed by atoms with Crippen molar-refractivity contribution < 1.29 is 4.74 Å². The number of nitrogens with zero attached hydrogens (tertiary/aromatic N) is 4. The highest BCUT2D eigenvalue weighted by Gasteiger charge is 2.15. The lowest BCUT2D eigenvalue weighted by Crippen LogP contribution is -2.10. The maximum atomic E-state index is 5.22. The van der Waals surface area contributed by atoms with Gasteiger partial charge in [0.15, 0.2) is 17.0 Å². The second kappa shape index (κ2) is 8.82. The van der Waals surface area contributed by atoms with E-state index in [2.05, 4.69) is 46.2 Å². The molecule has 30 heavy (non-hydrogen) atoms. The van der Waals surface area contributed by atoms with Gasteiger partial charge in [-0.05, 0) is 50.1 Å². The summed E-state index contributed by atoms with van der Waals surface area (Å²) in [5, 5.41) is 6.74. The van der Waals surface area contributed by atoms with Crippen molar-refractivity contribution in [1.29, 1.82) is 0 Å². The smallest absolute Gasteiger partial charge is 0.231 e. The Morgan fingerprint density at radius 1 is 1.00 bits per heavy atom. The summed E-state index contributed by atoms with van der Waals surface area (Å²) in [5.41, 5.74) is 3.75. The first-order valence-corrected chi connectivity index (χ1v) is 10.1. The number of aromatic nitrogens is 4. The molecule has 2 aromatic heterocycles. The molecule has 2 heterocycles. The van der Waals surface area contributed by atoms with Gasteiger partial charge in [0.25, 0.3) is 0 Å². The molecule has 0 atom stereocenters. The lowest BCUT2D eigenvalue weighted by atomic mass is 10.1. The van der Waals surface area contributed by atoms with Gasteiger partial charge in [-0.15, -0.1) is 0 Å². The second-order valence-corrected chi connectivity index (χ2v) is 7.33. The number of benzene rings is 2. The van der Waals surface area contributed by atoms with Crippen LogP contribution in [0.2, 0.25) is 0 Å². The molecule has 0 amide bonds. The maximum Gasteiger partial charge on any atom is 0.231 e. The van der Waals surface area contributed by atoms with Gasteiger partial charge in [-0.1, -0.05) is 30.3 Å². The van der Waals surface area contributed by atoms with E-state index in [9.17, 15) is 0 Å². The molecule has 0 aliphatic carbocycles. The Morgan fingerprint density at radius 3 is 2.47 bits per heavy atom. The van der Waals surface area contributed by atoms with E-state index in [1.54, 1.807) is 7.11 Å². The van der Waals surface area contributed by atoms with Crippen molar-refractivity contribution in [2.75, 3.05) is 24.3 Å². The van der Waals surface area contributed by atoms with Crippen molar-refractivity contribution in [2.45, 2.75) is 26.3 Å². The quantitative estimate of drug-likeness (QED) is 0.440. The standard InChI is InChI=1S/C23H26N6O/c1-16(2)29-15-25-20-21(24-14-13-17-9-11-19(30-3)12-10-17)27-23(28-22(20)29)26-18-7-5-4-6-8-18/h4-12,15-16H,13-14H2,1-3H3,(H2,24,26,27,28). The maximum absolute atomic E-state index is 5.22. The average molecular weight is 403 g/mol. The summed E-state index contributed by atoms with van der Waals surface area (Å²) < 4.78 is 7.28. The first-order chi connectivity index (χ1) is 14.6. The van der Waals surface area contributed by atoms with Gasteiger partial charge in [0.05, 0.1) is 13.4 Å². The Morgan fingerprint density at radius 2 is 1.77 bits per heavy atom. The Bertz CT molecular complexity index is 1110. The van der Waals surface area contributed by atoms with Crippen LogP contribution in [-0.2, 0) is 6.42 Å². The van der Waals surface area contributed by atoms with Crippen molar-refractivity contribution in [3.63, 3.8) is 0 Å². The van der Waals surface area contributed by atoms with Gasteiger partial charge in [-0.25, -0.2) is 4.98 Å². The third-order valence-electron chi connectivity index (χ3n) is 4.87. The summed E-state index contributed by atoms with van der Waals surface area (Å²) in [6.07, 6.45) is 2.69. The molecule has 0 unspecified atom stereocenters. The Labute approximate surface area is 176 Å². The molecule has 0 aliphatic heterocycles. The Hall–Kier alpha value is -3.61. The summed E-state index contributed by atoms with van der Waals surface area (Å²) in [5.74, 6) is 2.13. The third-order valence-corrected chi connectivity index (χ3v) is 4.87. The molecule has 0 aliphatic rings. The van der Waals surface area contributed by atoms with E-state index in [1.165, 1.54) is 5.56 Å². The first kappa shape index (κ1) is 19.7. The minimum Gasteiger partial charge on any atom is -0.497 e. The van der Waals surface area contributed by atoms with Crippen molar-refractivity contribution in [3.05, 3.63) is 66.5 Å². The van der Waals surface area contributed by atoms with Crippen LogP contribution in [-0.4, -0.2) is 33.2 Å². The highest BCUT2D eigenvalue weighted by molar-refractivity contribution is 5.84. The molecule has 4 rings (SSSR count). The highest BCUT2D eigenvalue weighted by Crippen LogP contribution is 2.25. The van der Waals surface area contributed by atoms with Crippen LogP contribution >= 0.6 is 0 Å². The molecule has 7 heteroatoms.